The van der Waals surface area contributed by atoms with Gasteiger partial charge in [0, 0.05) is 11.3 Å². The molecule has 0 aliphatic rings. The van der Waals surface area contributed by atoms with E-state index in [2.05, 4.69) is 22.4 Å². The summed E-state index contributed by atoms with van der Waals surface area (Å²) in [5, 5.41) is 9.85. The lowest BCUT2D eigenvalue weighted by atomic mass is 10.1. The standard InChI is InChI=1S/C19H19N3O2/c1-3-13-7-9-15(10-8-13)20-19(23)18-12-17(21-22-18)14-5-4-6-16(11-14)24-2/h4-12H,3H2,1-2H3,(H,20,23)(H,21,22). The number of aryl methyl sites for hydroxylation is 1. The summed E-state index contributed by atoms with van der Waals surface area (Å²) in [6.07, 6.45) is 0.971. The fourth-order valence-corrected chi connectivity index (χ4v) is 2.39. The number of ether oxygens (including phenoxy) is 1. The number of aromatic nitrogens is 2. The van der Waals surface area contributed by atoms with Crippen LogP contribution < -0.4 is 10.1 Å². The molecule has 0 aliphatic heterocycles. The van der Waals surface area contributed by atoms with Crippen LogP contribution in [0.15, 0.2) is 54.6 Å². The molecule has 0 fully saturated rings. The van der Waals surface area contributed by atoms with E-state index in [1.807, 2.05) is 48.5 Å². The van der Waals surface area contributed by atoms with Gasteiger partial charge < -0.3 is 10.1 Å². The number of carbonyl (C=O) groups excluding carboxylic acids is 1. The van der Waals surface area contributed by atoms with E-state index in [4.69, 9.17) is 4.74 Å². The number of rotatable bonds is 5. The molecule has 1 amide bonds. The Labute approximate surface area is 140 Å². The van der Waals surface area contributed by atoms with Gasteiger partial charge >= 0.3 is 0 Å². The Balaban J connectivity index is 1.75. The molecule has 122 valence electrons. The number of amides is 1. The first kappa shape index (κ1) is 15.8. The van der Waals surface area contributed by atoms with E-state index in [1.165, 1.54) is 5.56 Å². The third-order valence-corrected chi connectivity index (χ3v) is 3.81. The Hall–Kier alpha value is -3.08. The minimum absolute atomic E-state index is 0.221. The van der Waals surface area contributed by atoms with Crippen molar-refractivity contribution in [3.63, 3.8) is 0 Å². The molecular weight excluding hydrogens is 302 g/mol. The molecule has 5 nitrogen and oxygen atoms in total. The van der Waals surface area contributed by atoms with Crippen molar-refractivity contribution in [1.29, 1.82) is 0 Å². The quantitative estimate of drug-likeness (QED) is 0.749. The van der Waals surface area contributed by atoms with E-state index in [-0.39, 0.29) is 5.91 Å². The highest BCUT2D eigenvalue weighted by atomic mass is 16.5. The summed E-state index contributed by atoms with van der Waals surface area (Å²) in [6.45, 7) is 2.10. The molecule has 0 saturated heterocycles. The molecule has 1 aromatic heterocycles. The maximum Gasteiger partial charge on any atom is 0.273 e. The molecule has 2 N–H and O–H groups in total. The van der Waals surface area contributed by atoms with Crippen LogP contribution in [0.4, 0.5) is 5.69 Å². The third-order valence-electron chi connectivity index (χ3n) is 3.81. The lowest BCUT2D eigenvalue weighted by Gasteiger charge is -2.04. The van der Waals surface area contributed by atoms with E-state index >= 15 is 0 Å². The van der Waals surface area contributed by atoms with Gasteiger partial charge in [-0.2, -0.15) is 5.10 Å². The van der Waals surface area contributed by atoms with Crippen molar-refractivity contribution >= 4 is 11.6 Å². The van der Waals surface area contributed by atoms with Crippen LogP contribution in [0.25, 0.3) is 11.3 Å². The van der Waals surface area contributed by atoms with Gasteiger partial charge in [-0.25, -0.2) is 0 Å². The first-order valence-electron chi connectivity index (χ1n) is 7.79. The van der Waals surface area contributed by atoms with Gasteiger partial charge in [-0.1, -0.05) is 31.2 Å². The number of aromatic amines is 1. The summed E-state index contributed by atoms with van der Waals surface area (Å²) in [4.78, 5) is 12.3. The van der Waals surface area contributed by atoms with Crippen molar-refractivity contribution in [2.24, 2.45) is 0 Å². The molecule has 1 heterocycles. The van der Waals surface area contributed by atoms with Gasteiger partial charge in [0.1, 0.15) is 11.4 Å². The number of H-pyrrole nitrogens is 1. The smallest absolute Gasteiger partial charge is 0.273 e. The van der Waals surface area contributed by atoms with Crippen molar-refractivity contribution in [2.45, 2.75) is 13.3 Å². The zero-order valence-electron chi connectivity index (χ0n) is 13.7. The summed E-state index contributed by atoms with van der Waals surface area (Å²) in [6, 6.07) is 17.1. The zero-order valence-corrected chi connectivity index (χ0v) is 13.7. The summed E-state index contributed by atoms with van der Waals surface area (Å²) in [7, 11) is 1.62. The Bertz CT molecular complexity index is 838. The number of methoxy groups -OCH3 is 1. The second-order valence-electron chi connectivity index (χ2n) is 5.40. The number of nitrogens with one attached hydrogen (secondary N) is 2. The molecule has 5 heteroatoms. The van der Waals surface area contributed by atoms with Crippen molar-refractivity contribution in [2.75, 3.05) is 12.4 Å². The van der Waals surface area contributed by atoms with Crippen LogP contribution >= 0.6 is 0 Å². The molecule has 0 saturated carbocycles. The Morgan fingerprint density at radius 2 is 1.96 bits per heavy atom. The van der Waals surface area contributed by atoms with E-state index < -0.39 is 0 Å². The van der Waals surface area contributed by atoms with Crippen LogP contribution in [0.3, 0.4) is 0 Å². The Morgan fingerprint density at radius 1 is 1.17 bits per heavy atom. The predicted molar refractivity (Wildman–Crippen MR) is 94.3 cm³/mol. The van der Waals surface area contributed by atoms with Gasteiger partial charge in [0.2, 0.25) is 0 Å². The predicted octanol–water partition coefficient (Wildman–Crippen LogP) is 3.90. The van der Waals surface area contributed by atoms with Crippen LogP contribution in [0.2, 0.25) is 0 Å². The average molecular weight is 321 g/mol. The third kappa shape index (κ3) is 3.46. The minimum Gasteiger partial charge on any atom is -0.497 e. The molecule has 0 aliphatic carbocycles. The maximum atomic E-state index is 12.3. The van der Waals surface area contributed by atoms with Gasteiger partial charge in [0.05, 0.1) is 12.8 Å². The molecule has 0 radical (unpaired) electrons. The first-order chi connectivity index (χ1) is 11.7. The molecule has 0 atom stereocenters. The van der Waals surface area contributed by atoms with Crippen LogP contribution in [0.5, 0.6) is 5.75 Å². The number of anilines is 1. The number of carbonyl (C=O) groups is 1. The highest BCUT2D eigenvalue weighted by Crippen LogP contribution is 2.23. The topological polar surface area (TPSA) is 67.0 Å². The lowest BCUT2D eigenvalue weighted by molar-refractivity contribution is 0.102. The minimum atomic E-state index is -0.221. The molecule has 2 aromatic carbocycles. The van der Waals surface area contributed by atoms with Crippen LogP contribution in [-0.2, 0) is 6.42 Å². The second-order valence-corrected chi connectivity index (χ2v) is 5.40. The number of hydrogen-bond donors (Lipinski definition) is 2. The van der Waals surface area contributed by atoms with Crippen molar-refractivity contribution < 1.29 is 9.53 Å². The van der Waals surface area contributed by atoms with Crippen LogP contribution in [0, 0.1) is 0 Å². The molecule has 24 heavy (non-hydrogen) atoms. The zero-order chi connectivity index (χ0) is 16.9. The fourth-order valence-electron chi connectivity index (χ4n) is 2.39. The molecule has 0 spiro atoms. The number of nitrogens with zero attached hydrogens (tertiary/aromatic N) is 1. The molecular formula is C19H19N3O2. The van der Waals surface area contributed by atoms with Crippen molar-refractivity contribution in [3.05, 3.63) is 65.9 Å². The van der Waals surface area contributed by atoms with Gasteiger partial charge in [0.15, 0.2) is 0 Å². The number of benzene rings is 2. The second kappa shape index (κ2) is 7.00. The van der Waals surface area contributed by atoms with Gasteiger partial charge in [-0.15, -0.1) is 0 Å². The van der Waals surface area contributed by atoms with E-state index in [0.29, 0.717) is 11.4 Å². The Morgan fingerprint density at radius 3 is 2.67 bits per heavy atom. The summed E-state index contributed by atoms with van der Waals surface area (Å²) < 4.78 is 5.21. The van der Waals surface area contributed by atoms with Gasteiger partial charge in [-0.05, 0) is 42.3 Å². The fraction of sp³-hybridized carbons (Fsp3) is 0.158. The van der Waals surface area contributed by atoms with Crippen molar-refractivity contribution in [3.8, 4) is 17.0 Å². The van der Waals surface area contributed by atoms with Crippen LogP contribution in [0.1, 0.15) is 23.0 Å². The average Bonchev–Trinajstić information content (AvgIpc) is 3.13. The van der Waals surface area contributed by atoms with E-state index in [1.54, 1.807) is 13.2 Å². The summed E-state index contributed by atoms with van der Waals surface area (Å²) in [5.41, 5.74) is 3.98. The first-order valence-corrected chi connectivity index (χ1v) is 7.79. The van der Waals surface area contributed by atoms with E-state index in [0.717, 1.165) is 23.4 Å². The molecule has 0 unspecified atom stereocenters. The van der Waals surface area contributed by atoms with Gasteiger partial charge in [-0.3, -0.25) is 9.89 Å². The molecule has 3 aromatic rings. The monoisotopic (exact) mass is 321 g/mol. The largest absolute Gasteiger partial charge is 0.497 e. The highest BCUT2D eigenvalue weighted by Gasteiger charge is 2.11. The van der Waals surface area contributed by atoms with Crippen LogP contribution in [-0.4, -0.2) is 23.2 Å². The summed E-state index contributed by atoms with van der Waals surface area (Å²) in [5.74, 6) is 0.526. The summed E-state index contributed by atoms with van der Waals surface area (Å²) >= 11 is 0. The lowest BCUT2D eigenvalue weighted by Crippen LogP contribution is -2.12. The Kier molecular flexibility index (Phi) is 4.61. The number of hydrogen-bond acceptors (Lipinski definition) is 3. The SMILES string of the molecule is CCc1ccc(NC(=O)c2cc(-c3cccc(OC)c3)n[nH]2)cc1. The maximum absolute atomic E-state index is 12.3. The van der Waals surface area contributed by atoms with Crippen molar-refractivity contribution in [1.82, 2.24) is 10.2 Å². The molecule has 3 rings (SSSR count). The normalized spacial score (nSPS) is 10.4. The highest BCUT2D eigenvalue weighted by molar-refractivity contribution is 6.03. The van der Waals surface area contributed by atoms with Gasteiger partial charge in [0.25, 0.3) is 5.91 Å². The van der Waals surface area contributed by atoms with E-state index in [9.17, 15) is 4.79 Å². The molecule has 0 bridgehead atoms.